The maximum absolute atomic E-state index is 11.8. The first-order valence-corrected chi connectivity index (χ1v) is 7.82. The Morgan fingerprint density at radius 1 is 1.35 bits per heavy atom. The molecule has 23 heavy (non-hydrogen) atoms. The zero-order chi connectivity index (χ0) is 16.4. The van der Waals surface area contributed by atoms with Crippen LogP contribution in [0.4, 0.5) is 0 Å². The summed E-state index contributed by atoms with van der Waals surface area (Å²) in [7, 11) is 1.51. The second-order valence-corrected chi connectivity index (χ2v) is 5.70. The highest BCUT2D eigenvalue weighted by molar-refractivity contribution is 5.85. The van der Waals surface area contributed by atoms with Crippen LogP contribution in [0.25, 0.3) is 0 Å². The molecule has 1 aromatic rings. The minimum absolute atomic E-state index is 0. The standard InChI is InChI=1S/C18H27NO3.ClH/c1-14(2)8-6-4-5-7-9-18(21)19-13-15-10-11-16(20)17(12-15)22-3;/h6,8,10-12,14,20H,4-5,7,9,13H2,1-3H3,(H,19,21);1H. The van der Waals surface area contributed by atoms with E-state index >= 15 is 0 Å². The molecule has 0 atom stereocenters. The molecular weight excluding hydrogens is 314 g/mol. The number of halogens is 1. The lowest BCUT2D eigenvalue weighted by Gasteiger charge is -2.08. The number of hydrogen-bond acceptors (Lipinski definition) is 3. The molecule has 0 aliphatic carbocycles. The largest absolute Gasteiger partial charge is 0.504 e. The summed E-state index contributed by atoms with van der Waals surface area (Å²) < 4.78 is 5.04. The molecule has 4 nitrogen and oxygen atoms in total. The molecule has 0 radical (unpaired) electrons. The van der Waals surface area contributed by atoms with Crippen molar-refractivity contribution in [2.45, 2.75) is 46.1 Å². The molecule has 0 aromatic heterocycles. The fraction of sp³-hybridized carbons (Fsp3) is 0.500. The number of aromatic hydroxyl groups is 1. The molecule has 2 N–H and O–H groups in total. The summed E-state index contributed by atoms with van der Waals surface area (Å²) in [4.78, 5) is 11.8. The van der Waals surface area contributed by atoms with Crippen molar-refractivity contribution in [3.63, 3.8) is 0 Å². The van der Waals surface area contributed by atoms with Crippen LogP contribution >= 0.6 is 12.4 Å². The number of carbonyl (C=O) groups excluding carboxylic acids is 1. The summed E-state index contributed by atoms with van der Waals surface area (Å²) in [6.07, 6.45) is 7.88. The molecule has 0 saturated heterocycles. The molecule has 5 heteroatoms. The van der Waals surface area contributed by atoms with Crippen LogP contribution in [-0.4, -0.2) is 18.1 Å². The number of amides is 1. The summed E-state index contributed by atoms with van der Waals surface area (Å²) in [6, 6.07) is 5.07. The van der Waals surface area contributed by atoms with Gasteiger partial charge in [-0.25, -0.2) is 0 Å². The lowest BCUT2D eigenvalue weighted by atomic mass is 10.1. The minimum atomic E-state index is 0. The van der Waals surface area contributed by atoms with E-state index in [1.165, 1.54) is 7.11 Å². The SMILES string of the molecule is COc1cc(CNC(=O)CCCCC=CC(C)C)ccc1O.Cl. The van der Waals surface area contributed by atoms with Crippen molar-refractivity contribution in [2.75, 3.05) is 7.11 Å². The van der Waals surface area contributed by atoms with Crippen molar-refractivity contribution in [3.8, 4) is 11.5 Å². The van der Waals surface area contributed by atoms with Crippen LogP contribution in [0.1, 0.15) is 45.1 Å². The third-order valence-corrected chi connectivity index (χ3v) is 3.28. The molecular formula is C18H28ClNO3. The molecule has 1 aromatic carbocycles. The summed E-state index contributed by atoms with van der Waals surface area (Å²) in [6.45, 7) is 4.76. The van der Waals surface area contributed by atoms with E-state index in [-0.39, 0.29) is 24.1 Å². The van der Waals surface area contributed by atoms with Gasteiger partial charge < -0.3 is 15.2 Å². The molecule has 0 saturated carbocycles. The number of carbonyl (C=O) groups is 1. The lowest BCUT2D eigenvalue weighted by molar-refractivity contribution is -0.121. The van der Waals surface area contributed by atoms with E-state index in [9.17, 15) is 9.90 Å². The Morgan fingerprint density at radius 3 is 2.74 bits per heavy atom. The van der Waals surface area contributed by atoms with Gasteiger partial charge in [0.15, 0.2) is 11.5 Å². The summed E-state index contributed by atoms with van der Waals surface area (Å²) in [5.74, 6) is 1.17. The third kappa shape index (κ3) is 9.14. The fourth-order valence-electron chi connectivity index (χ4n) is 2.04. The second-order valence-electron chi connectivity index (χ2n) is 5.70. The highest BCUT2D eigenvalue weighted by atomic mass is 35.5. The van der Waals surface area contributed by atoms with Gasteiger partial charge in [-0.05, 0) is 42.9 Å². The van der Waals surface area contributed by atoms with Gasteiger partial charge >= 0.3 is 0 Å². The van der Waals surface area contributed by atoms with Crippen LogP contribution in [0.3, 0.4) is 0 Å². The monoisotopic (exact) mass is 341 g/mol. The van der Waals surface area contributed by atoms with E-state index in [1.54, 1.807) is 18.2 Å². The smallest absolute Gasteiger partial charge is 0.220 e. The van der Waals surface area contributed by atoms with Crippen molar-refractivity contribution >= 4 is 18.3 Å². The molecule has 0 aliphatic heterocycles. The Balaban J connectivity index is 0.00000484. The van der Waals surface area contributed by atoms with E-state index in [0.29, 0.717) is 24.6 Å². The topological polar surface area (TPSA) is 58.6 Å². The molecule has 1 amide bonds. The fourth-order valence-corrected chi connectivity index (χ4v) is 2.04. The van der Waals surface area contributed by atoms with Gasteiger partial charge in [0.2, 0.25) is 5.91 Å². The maximum atomic E-state index is 11.8. The summed E-state index contributed by atoms with van der Waals surface area (Å²) in [5.41, 5.74) is 0.905. The highest BCUT2D eigenvalue weighted by Gasteiger charge is 2.04. The quantitative estimate of drug-likeness (QED) is 0.522. The van der Waals surface area contributed by atoms with Gasteiger partial charge in [-0.15, -0.1) is 12.4 Å². The number of phenolic OH excluding ortho intramolecular Hbond substituents is 1. The van der Waals surface area contributed by atoms with Crippen LogP contribution < -0.4 is 10.1 Å². The van der Waals surface area contributed by atoms with E-state index in [4.69, 9.17) is 4.74 Å². The van der Waals surface area contributed by atoms with Gasteiger partial charge in [-0.3, -0.25) is 4.79 Å². The third-order valence-electron chi connectivity index (χ3n) is 3.28. The average molecular weight is 342 g/mol. The Morgan fingerprint density at radius 2 is 2.09 bits per heavy atom. The van der Waals surface area contributed by atoms with E-state index < -0.39 is 0 Å². The van der Waals surface area contributed by atoms with Crippen LogP contribution in [0.2, 0.25) is 0 Å². The molecule has 0 heterocycles. The predicted octanol–water partition coefficient (Wildman–Crippen LogP) is 4.21. The lowest BCUT2D eigenvalue weighted by Crippen LogP contribution is -2.22. The van der Waals surface area contributed by atoms with Crippen molar-refractivity contribution in [1.82, 2.24) is 5.32 Å². The molecule has 0 unspecified atom stereocenters. The molecule has 0 bridgehead atoms. The van der Waals surface area contributed by atoms with Gasteiger partial charge in [-0.2, -0.15) is 0 Å². The Labute approximate surface area is 145 Å². The average Bonchev–Trinajstić information content (AvgIpc) is 2.49. The minimum Gasteiger partial charge on any atom is -0.504 e. The first kappa shape index (κ1) is 21.3. The van der Waals surface area contributed by atoms with E-state index in [1.807, 2.05) is 0 Å². The van der Waals surface area contributed by atoms with Crippen LogP contribution in [0.5, 0.6) is 11.5 Å². The zero-order valence-corrected chi connectivity index (χ0v) is 15.0. The highest BCUT2D eigenvalue weighted by Crippen LogP contribution is 2.26. The normalized spacial score (nSPS) is 10.6. The van der Waals surface area contributed by atoms with E-state index in [2.05, 4.69) is 31.3 Å². The Bertz CT molecular complexity index is 501. The number of phenols is 1. The van der Waals surface area contributed by atoms with E-state index in [0.717, 1.165) is 24.8 Å². The van der Waals surface area contributed by atoms with Crippen LogP contribution in [0.15, 0.2) is 30.4 Å². The van der Waals surface area contributed by atoms with Gasteiger partial charge in [0.25, 0.3) is 0 Å². The number of methoxy groups -OCH3 is 1. The van der Waals surface area contributed by atoms with Crippen LogP contribution in [-0.2, 0) is 11.3 Å². The number of nitrogens with one attached hydrogen (secondary N) is 1. The molecule has 0 aliphatic rings. The van der Waals surface area contributed by atoms with Gasteiger partial charge in [-0.1, -0.05) is 32.1 Å². The van der Waals surface area contributed by atoms with Crippen molar-refractivity contribution in [3.05, 3.63) is 35.9 Å². The number of allylic oxidation sites excluding steroid dienone is 2. The number of benzene rings is 1. The Hall–Kier alpha value is -1.68. The molecule has 1 rings (SSSR count). The number of hydrogen-bond donors (Lipinski definition) is 2. The first-order valence-electron chi connectivity index (χ1n) is 7.82. The maximum Gasteiger partial charge on any atom is 0.220 e. The number of unbranched alkanes of at least 4 members (excludes halogenated alkanes) is 2. The number of rotatable bonds is 9. The summed E-state index contributed by atoms with van der Waals surface area (Å²) in [5, 5.41) is 12.4. The van der Waals surface area contributed by atoms with Crippen molar-refractivity contribution in [1.29, 1.82) is 0 Å². The Kier molecular flexibility index (Phi) is 11.0. The summed E-state index contributed by atoms with van der Waals surface area (Å²) >= 11 is 0. The second kappa shape index (κ2) is 11.8. The number of ether oxygens (including phenoxy) is 1. The van der Waals surface area contributed by atoms with Gasteiger partial charge in [0.1, 0.15) is 0 Å². The van der Waals surface area contributed by atoms with Gasteiger partial charge in [0, 0.05) is 13.0 Å². The predicted molar refractivity (Wildman–Crippen MR) is 96.2 cm³/mol. The molecule has 130 valence electrons. The molecule has 0 fully saturated rings. The van der Waals surface area contributed by atoms with Crippen LogP contribution in [0, 0.1) is 5.92 Å². The zero-order valence-electron chi connectivity index (χ0n) is 14.2. The van der Waals surface area contributed by atoms with Gasteiger partial charge in [0.05, 0.1) is 7.11 Å². The van der Waals surface area contributed by atoms with Crippen molar-refractivity contribution < 1.29 is 14.6 Å². The molecule has 0 spiro atoms. The van der Waals surface area contributed by atoms with Crippen molar-refractivity contribution in [2.24, 2.45) is 5.92 Å². The first-order chi connectivity index (χ1) is 10.5.